The van der Waals surface area contributed by atoms with Gasteiger partial charge in [0.1, 0.15) is 11.9 Å². The molecule has 5 atom stereocenters. The summed E-state index contributed by atoms with van der Waals surface area (Å²) >= 11 is 12.3. The maximum Gasteiger partial charge on any atom is 0.227 e. The van der Waals surface area contributed by atoms with Crippen molar-refractivity contribution in [2.75, 3.05) is 20.1 Å². The van der Waals surface area contributed by atoms with Gasteiger partial charge in [-0.1, -0.05) is 41.4 Å². The van der Waals surface area contributed by atoms with Crippen LogP contribution in [0.15, 0.2) is 36.4 Å². The van der Waals surface area contributed by atoms with Gasteiger partial charge in [0, 0.05) is 25.2 Å². The highest BCUT2D eigenvalue weighted by Gasteiger charge is 2.73. The quantitative estimate of drug-likeness (QED) is 0.617. The highest BCUT2D eigenvalue weighted by molar-refractivity contribution is 6.42. The van der Waals surface area contributed by atoms with Crippen molar-refractivity contribution in [3.63, 3.8) is 0 Å². The summed E-state index contributed by atoms with van der Waals surface area (Å²) < 4.78 is 6.73. The lowest BCUT2D eigenvalue weighted by Crippen LogP contribution is -2.78. The molecular formula is C29H32Cl2N2O3. The Hall–Kier alpha value is -1.79. The maximum atomic E-state index is 13.5. The monoisotopic (exact) mass is 526 g/mol. The minimum atomic E-state index is -0.839. The van der Waals surface area contributed by atoms with Gasteiger partial charge in [-0.2, -0.15) is 0 Å². The van der Waals surface area contributed by atoms with Crippen molar-refractivity contribution >= 4 is 29.1 Å². The predicted octanol–water partition coefficient (Wildman–Crippen LogP) is 4.63. The number of halogens is 2. The van der Waals surface area contributed by atoms with E-state index >= 15 is 0 Å². The fourth-order valence-electron chi connectivity index (χ4n) is 7.96. The summed E-state index contributed by atoms with van der Waals surface area (Å²) in [7, 11) is 1.89. The number of hydrogen-bond donors (Lipinski definition) is 1. The number of carbonyl (C=O) groups is 1. The van der Waals surface area contributed by atoms with Crippen LogP contribution in [0.25, 0.3) is 0 Å². The lowest BCUT2D eigenvalue weighted by molar-refractivity contribution is -0.200. The number of likely N-dealkylation sites (tertiary alicyclic amines) is 1. The van der Waals surface area contributed by atoms with E-state index in [4.69, 9.17) is 27.9 Å². The molecule has 7 heteroatoms. The summed E-state index contributed by atoms with van der Waals surface area (Å²) in [5, 5.41) is 13.5. The molecule has 1 spiro atoms. The minimum absolute atomic E-state index is 0.0264. The van der Waals surface area contributed by atoms with Gasteiger partial charge in [-0.25, -0.2) is 0 Å². The lowest BCUT2D eigenvalue weighted by atomic mass is 9.48. The fourth-order valence-corrected chi connectivity index (χ4v) is 8.28. The molecule has 2 heterocycles. The van der Waals surface area contributed by atoms with E-state index in [0.717, 1.165) is 49.6 Å². The van der Waals surface area contributed by atoms with Crippen molar-refractivity contribution in [1.29, 1.82) is 0 Å². The molecule has 0 aromatic heterocycles. The molecule has 36 heavy (non-hydrogen) atoms. The van der Waals surface area contributed by atoms with Crippen LogP contribution in [-0.4, -0.2) is 64.7 Å². The van der Waals surface area contributed by atoms with Crippen molar-refractivity contribution in [3.8, 4) is 5.75 Å². The molecule has 1 amide bonds. The second-order valence-electron chi connectivity index (χ2n) is 11.7. The second kappa shape index (κ2) is 8.10. The van der Waals surface area contributed by atoms with Gasteiger partial charge in [0.2, 0.25) is 5.91 Å². The SMILES string of the molecule is CN(C(=O)Cc1ccc(Cl)c(Cl)c1)[C@H]1CC[C@@]2(O)[C@H]3Cc4cccc5c4[C@@]2(CCN3CC2CC2)[C@H]1O5. The van der Waals surface area contributed by atoms with Crippen LogP contribution >= 0.6 is 23.2 Å². The van der Waals surface area contributed by atoms with Crippen molar-refractivity contribution < 1.29 is 14.6 Å². The van der Waals surface area contributed by atoms with Crippen LogP contribution in [0.1, 0.15) is 48.8 Å². The Morgan fingerprint density at radius 2 is 2.00 bits per heavy atom. The average molecular weight is 527 g/mol. The first kappa shape index (κ1) is 23.3. The Bertz CT molecular complexity index is 1250. The Morgan fingerprint density at radius 3 is 2.78 bits per heavy atom. The number of aliphatic hydroxyl groups is 1. The van der Waals surface area contributed by atoms with Gasteiger partial charge in [-0.05, 0) is 80.3 Å². The summed E-state index contributed by atoms with van der Waals surface area (Å²) in [6.45, 7) is 2.07. The normalized spacial score (nSPS) is 34.2. The summed E-state index contributed by atoms with van der Waals surface area (Å²) in [5.41, 5.74) is 2.07. The highest BCUT2D eigenvalue weighted by Crippen LogP contribution is 2.64. The summed E-state index contributed by atoms with van der Waals surface area (Å²) in [4.78, 5) is 17.9. The Balaban J connectivity index is 1.23. The van der Waals surface area contributed by atoms with Crippen molar-refractivity contribution in [2.45, 2.75) is 74.1 Å². The highest BCUT2D eigenvalue weighted by atomic mass is 35.5. The molecule has 2 aromatic rings. The second-order valence-corrected chi connectivity index (χ2v) is 12.5. The third kappa shape index (κ3) is 3.19. The number of likely N-dealkylation sites (N-methyl/N-ethyl adjacent to an activating group) is 1. The Labute approximate surface area is 222 Å². The van der Waals surface area contributed by atoms with Crippen LogP contribution in [0.4, 0.5) is 0 Å². The zero-order valence-corrected chi connectivity index (χ0v) is 22.1. The zero-order valence-electron chi connectivity index (χ0n) is 20.6. The fraction of sp³-hybridized carbons (Fsp3) is 0.552. The maximum absolute atomic E-state index is 13.5. The van der Waals surface area contributed by atoms with Gasteiger partial charge >= 0.3 is 0 Å². The minimum Gasteiger partial charge on any atom is -0.487 e. The van der Waals surface area contributed by atoms with Gasteiger partial charge in [0.25, 0.3) is 0 Å². The molecule has 7 rings (SSSR count). The first-order valence-corrected chi connectivity index (χ1v) is 14.0. The molecule has 1 saturated heterocycles. The van der Waals surface area contributed by atoms with Crippen LogP contribution in [0.3, 0.4) is 0 Å². The van der Waals surface area contributed by atoms with Gasteiger partial charge < -0.3 is 14.7 Å². The largest absolute Gasteiger partial charge is 0.487 e. The van der Waals surface area contributed by atoms with Crippen LogP contribution in [0.5, 0.6) is 5.75 Å². The smallest absolute Gasteiger partial charge is 0.227 e. The van der Waals surface area contributed by atoms with Crippen molar-refractivity contribution in [1.82, 2.24) is 9.80 Å². The number of carbonyl (C=O) groups excluding carboxylic acids is 1. The standard InChI is InChI=1S/C29H32Cl2N2O3/c1-32(25(34)14-18-7-8-20(30)21(31)13-18)22-9-10-29(35)24-15-19-3-2-4-23-26(19)28(29,27(22)36-23)11-12-33(24)16-17-5-6-17/h2-4,7-8,13,17,22,24,27,35H,5-6,9-12,14-16H2,1H3/t22-,24+,27-,28-,29+/m0/s1. The van der Waals surface area contributed by atoms with Gasteiger partial charge in [-0.15, -0.1) is 0 Å². The average Bonchev–Trinajstić information content (AvgIpc) is 3.60. The van der Waals surface area contributed by atoms with E-state index in [1.807, 2.05) is 18.0 Å². The molecule has 1 N–H and O–H groups in total. The topological polar surface area (TPSA) is 53.0 Å². The molecule has 5 nitrogen and oxygen atoms in total. The van der Waals surface area contributed by atoms with Crippen molar-refractivity contribution in [2.24, 2.45) is 5.92 Å². The van der Waals surface area contributed by atoms with Crippen LogP contribution < -0.4 is 4.74 Å². The molecule has 2 aromatic carbocycles. The van der Waals surface area contributed by atoms with E-state index in [1.165, 1.54) is 24.0 Å². The van der Waals surface area contributed by atoms with Gasteiger partial charge in [0.05, 0.1) is 33.5 Å². The van der Waals surface area contributed by atoms with E-state index in [1.54, 1.807) is 12.1 Å². The number of hydrogen-bond acceptors (Lipinski definition) is 4. The van der Waals surface area contributed by atoms with E-state index < -0.39 is 11.0 Å². The number of amides is 1. The van der Waals surface area contributed by atoms with Crippen LogP contribution in [0, 0.1) is 5.92 Å². The molecule has 2 bridgehead atoms. The summed E-state index contributed by atoms with van der Waals surface area (Å²) in [6, 6.07) is 11.7. The Kier molecular flexibility index (Phi) is 5.25. The van der Waals surface area contributed by atoms with Gasteiger partial charge in [0.15, 0.2) is 0 Å². The zero-order chi connectivity index (χ0) is 24.8. The molecule has 0 unspecified atom stereocenters. The number of benzene rings is 2. The molecule has 0 radical (unpaired) electrons. The van der Waals surface area contributed by atoms with Gasteiger partial charge in [-0.3, -0.25) is 9.69 Å². The number of nitrogens with zero attached hydrogens (tertiary/aromatic N) is 2. The lowest BCUT2D eigenvalue weighted by Gasteiger charge is -2.64. The third-order valence-corrected chi connectivity index (χ3v) is 10.6. The Morgan fingerprint density at radius 1 is 1.17 bits per heavy atom. The van der Waals surface area contributed by atoms with E-state index in [2.05, 4.69) is 23.1 Å². The molecule has 190 valence electrons. The van der Waals surface area contributed by atoms with Crippen LogP contribution in [-0.2, 0) is 23.1 Å². The number of piperidine rings is 1. The number of rotatable bonds is 5. The van der Waals surface area contributed by atoms with E-state index in [9.17, 15) is 9.90 Å². The first-order chi connectivity index (χ1) is 17.3. The van der Waals surface area contributed by atoms with E-state index in [-0.39, 0.29) is 30.5 Å². The number of ether oxygens (including phenoxy) is 1. The molecule has 2 aliphatic heterocycles. The first-order valence-electron chi connectivity index (χ1n) is 13.3. The summed E-state index contributed by atoms with van der Waals surface area (Å²) in [5.74, 6) is 1.72. The molecule has 2 saturated carbocycles. The van der Waals surface area contributed by atoms with Crippen LogP contribution in [0.2, 0.25) is 10.0 Å². The molecule has 3 aliphatic carbocycles. The third-order valence-electron chi connectivity index (χ3n) is 9.86. The molecular weight excluding hydrogens is 495 g/mol. The predicted molar refractivity (Wildman–Crippen MR) is 140 cm³/mol. The summed E-state index contributed by atoms with van der Waals surface area (Å²) in [6.07, 6.45) is 5.78. The van der Waals surface area contributed by atoms with Crippen molar-refractivity contribution in [3.05, 3.63) is 63.1 Å². The molecule has 3 fully saturated rings. The van der Waals surface area contributed by atoms with E-state index in [0.29, 0.717) is 16.5 Å². The molecule has 5 aliphatic rings.